The standard InChI is InChI=1S/C46H56ClN11O7/c1-25(2)57-35-8-6-29(18-28(35)19-37(45(57)63)64-24-40(60)48-5)50-42-34(47)22-49-46(53-42)54-14-12-31(13-15-54)65-32-20-30(21-32)55-16-17-56(26(3)23-55)38-10-7-33-41(51-38)27(4)58(44(33)62)36-9-11-39(59)52-43(36)61/h6-8,10,18-19,22,25-27,30-32,36H,9,11-17,20-21,23-24H2,1-5H3,(H,48,60)(H,49,50,53)(H,52,59,61)/t26-,27?,30?,32?,36?/m1/s1. The van der Waals surface area contributed by atoms with Crippen LogP contribution in [0, 0.1) is 0 Å². The molecular formula is C46H56ClN11O7. The largest absolute Gasteiger partial charge is 0.478 e. The molecular weight excluding hydrogens is 854 g/mol. The van der Waals surface area contributed by atoms with Crippen LogP contribution < -0.4 is 36.0 Å². The number of pyridine rings is 2. The van der Waals surface area contributed by atoms with Crippen LogP contribution in [0.25, 0.3) is 10.9 Å². The number of anilines is 4. The molecule has 19 heteroatoms. The zero-order valence-electron chi connectivity index (χ0n) is 37.4. The van der Waals surface area contributed by atoms with E-state index in [1.807, 2.05) is 51.1 Å². The number of nitrogens with zero attached hydrogens (tertiary/aromatic N) is 8. The quantitative estimate of drug-likeness (QED) is 0.170. The molecule has 3 saturated heterocycles. The molecule has 4 fully saturated rings. The topological polar surface area (TPSA) is 196 Å². The van der Waals surface area contributed by atoms with Crippen molar-refractivity contribution in [3.63, 3.8) is 0 Å². The van der Waals surface area contributed by atoms with Gasteiger partial charge in [-0.25, -0.2) is 9.97 Å². The highest BCUT2D eigenvalue weighted by molar-refractivity contribution is 6.33. The van der Waals surface area contributed by atoms with Crippen molar-refractivity contribution in [1.82, 2.24) is 40.0 Å². The zero-order chi connectivity index (χ0) is 45.7. The van der Waals surface area contributed by atoms with Gasteiger partial charge in [-0.3, -0.25) is 34.2 Å². The Morgan fingerprint density at radius 3 is 2.48 bits per heavy atom. The summed E-state index contributed by atoms with van der Waals surface area (Å²) in [5.41, 5.74) is 2.34. The second kappa shape index (κ2) is 18.2. The fourth-order valence-electron chi connectivity index (χ4n) is 9.96. The van der Waals surface area contributed by atoms with E-state index in [9.17, 15) is 24.0 Å². The van der Waals surface area contributed by atoms with Crippen LogP contribution in [-0.2, 0) is 19.1 Å². The highest BCUT2D eigenvalue weighted by Crippen LogP contribution is 2.38. The first-order chi connectivity index (χ1) is 31.3. The lowest BCUT2D eigenvalue weighted by atomic mass is 9.86. The van der Waals surface area contributed by atoms with Crippen LogP contribution in [0.5, 0.6) is 5.75 Å². The first-order valence-corrected chi connectivity index (χ1v) is 23.0. The van der Waals surface area contributed by atoms with Gasteiger partial charge in [0.05, 0.1) is 41.2 Å². The summed E-state index contributed by atoms with van der Waals surface area (Å²) in [7, 11) is 1.51. The van der Waals surface area contributed by atoms with Crippen LogP contribution in [0.15, 0.2) is 47.4 Å². The summed E-state index contributed by atoms with van der Waals surface area (Å²) >= 11 is 6.61. The molecule has 18 nitrogen and oxygen atoms in total. The summed E-state index contributed by atoms with van der Waals surface area (Å²) in [6.07, 6.45) is 6.26. The molecule has 4 amide bonds. The molecule has 344 valence electrons. The smallest absolute Gasteiger partial charge is 0.293 e. The highest BCUT2D eigenvalue weighted by atomic mass is 35.5. The van der Waals surface area contributed by atoms with Gasteiger partial charge in [-0.2, -0.15) is 4.98 Å². The molecule has 2 unspecified atom stereocenters. The molecule has 0 radical (unpaired) electrons. The molecule has 3 N–H and O–H groups in total. The van der Waals surface area contributed by atoms with Gasteiger partial charge in [0.1, 0.15) is 16.9 Å². The zero-order valence-corrected chi connectivity index (χ0v) is 38.1. The van der Waals surface area contributed by atoms with Gasteiger partial charge in [0.15, 0.2) is 18.2 Å². The van der Waals surface area contributed by atoms with E-state index >= 15 is 0 Å². The lowest BCUT2D eigenvalue weighted by Gasteiger charge is -2.49. The summed E-state index contributed by atoms with van der Waals surface area (Å²) in [6, 6.07) is 10.6. The third-order valence-corrected chi connectivity index (χ3v) is 13.8. The number of hydrogen-bond donors (Lipinski definition) is 3. The summed E-state index contributed by atoms with van der Waals surface area (Å²) in [4.78, 5) is 85.9. The van der Waals surface area contributed by atoms with E-state index < -0.39 is 11.9 Å². The summed E-state index contributed by atoms with van der Waals surface area (Å²) in [5.74, 6) is 0.703. The number of amides is 4. The van der Waals surface area contributed by atoms with Gasteiger partial charge in [0, 0.05) is 75.4 Å². The number of imide groups is 1. The Morgan fingerprint density at radius 1 is 0.969 bits per heavy atom. The fraction of sp³-hybridized carbons (Fsp3) is 0.522. The predicted octanol–water partition coefficient (Wildman–Crippen LogP) is 4.34. The third-order valence-electron chi connectivity index (χ3n) is 13.5. The Kier molecular flexibility index (Phi) is 12.4. The minimum Gasteiger partial charge on any atom is -0.478 e. The molecule has 1 aromatic carbocycles. The van der Waals surface area contributed by atoms with E-state index in [2.05, 4.69) is 42.6 Å². The number of piperazine rings is 1. The normalized spacial score (nSPS) is 24.0. The average Bonchev–Trinajstić information content (AvgIpc) is 3.52. The van der Waals surface area contributed by atoms with E-state index in [1.165, 1.54) is 7.05 Å². The third kappa shape index (κ3) is 8.82. The van der Waals surface area contributed by atoms with Gasteiger partial charge < -0.3 is 39.4 Å². The van der Waals surface area contributed by atoms with Crippen LogP contribution in [-0.4, -0.2) is 130 Å². The van der Waals surface area contributed by atoms with Crippen LogP contribution in [0.1, 0.15) is 94.4 Å². The molecule has 4 aromatic rings. The SMILES string of the molecule is CNC(=O)COc1cc2cc(Nc3nc(N4CCC(OC5CC(N6CCN(c7ccc8c(n7)C(C)N(C7CCC(=O)NC7=O)C8=O)[C@H](C)C6)C5)CC4)ncc3Cl)ccc2n(C(C)C)c1=O. The monoisotopic (exact) mass is 909 g/mol. The van der Waals surface area contributed by atoms with E-state index in [1.54, 1.807) is 21.7 Å². The number of carbonyl (C=O) groups excluding carboxylic acids is 4. The van der Waals surface area contributed by atoms with E-state index in [4.69, 9.17) is 31.0 Å². The Labute approximate surface area is 382 Å². The van der Waals surface area contributed by atoms with Crippen LogP contribution in [0.2, 0.25) is 5.02 Å². The first-order valence-electron chi connectivity index (χ1n) is 22.7. The number of nitrogens with one attached hydrogen (secondary N) is 3. The predicted molar refractivity (Wildman–Crippen MR) is 245 cm³/mol. The molecule has 4 aliphatic heterocycles. The maximum Gasteiger partial charge on any atom is 0.293 e. The Bertz CT molecular complexity index is 2580. The molecule has 65 heavy (non-hydrogen) atoms. The van der Waals surface area contributed by atoms with Crippen molar-refractivity contribution in [1.29, 1.82) is 0 Å². The van der Waals surface area contributed by atoms with Crippen LogP contribution >= 0.6 is 11.6 Å². The molecule has 0 bridgehead atoms. The van der Waals surface area contributed by atoms with Gasteiger partial charge in [-0.15, -0.1) is 0 Å². The Balaban J connectivity index is 0.754. The van der Waals surface area contributed by atoms with Gasteiger partial charge in [-0.05, 0) is 96.2 Å². The maximum absolute atomic E-state index is 13.4. The van der Waals surface area contributed by atoms with E-state index in [0.29, 0.717) is 46.2 Å². The van der Waals surface area contributed by atoms with Crippen LogP contribution in [0.4, 0.5) is 23.3 Å². The van der Waals surface area contributed by atoms with Crippen molar-refractivity contribution >= 4 is 69.4 Å². The van der Waals surface area contributed by atoms with Crippen molar-refractivity contribution in [2.75, 3.05) is 61.5 Å². The van der Waals surface area contributed by atoms with E-state index in [0.717, 1.165) is 75.1 Å². The second-order valence-electron chi connectivity index (χ2n) is 18.1. The number of benzene rings is 1. The lowest BCUT2D eigenvalue weighted by Crippen LogP contribution is -2.59. The molecule has 9 rings (SSSR count). The number of halogens is 1. The molecule has 3 aromatic heterocycles. The van der Waals surface area contributed by atoms with Crippen molar-refractivity contribution in [2.24, 2.45) is 0 Å². The van der Waals surface area contributed by atoms with Crippen molar-refractivity contribution < 1.29 is 28.7 Å². The van der Waals surface area contributed by atoms with Crippen molar-refractivity contribution in [2.45, 2.75) is 109 Å². The molecule has 1 aliphatic carbocycles. The second-order valence-corrected chi connectivity index (χ2v) is 18.5. The molecule has 1 saturated carbocycles. The number of fused-ring (bicyclic) bond motifs is 2. The molecule has 5 aliphatic rings. The number of aromatic nitrogens is 4. The summed E-state index contributed by atoms with van der Waals surface area (Å²) in [5, 5.41) is 9.35. The number of carbonyl (C=O) groups is 4. The highest BCUT2D eigenvalue weighted by Gasteiger charge is 2.45. The van der Waals surface area contributed by atoms with Crippen molar-refractivity contribution in [3.05, 3.63) is 69.2 Å². The van der Waals surface area contributed by atoms with Gasteiger partial charge >= 0.3 is 0 Å². The molecule has 7 heterocycles. The van der Waals surface area contributed by atoms with Gasteiger partial charge in [0.2, 0.25) is 17.8 Å². The number of rotatable bonds is 12. The summed E-state index contributed by atoms with van der Waals surface area (Å²) < 4.78 is 13.9. The Morgan fingerprint density at radius 2 is 1.75 bits per heavy atom. The van der Waals surface area contributed by atoms with Gasteiger partial charge in [0.25, 0.3) is 17.4 Å². The van der Waals surface area contributed by atoms with Crippen LogP contribution in [0.3, 0.4) is 0 Å². The maximum atomic E-state index is 13.4. The van der Waals surface area contributed by atoms with E-state index in [-0.39, 0.29) is 72.4 Å². The minimum atomic E-state index is -0.679. The number of likely N-dealkylation sites (N-methyl/N-ethyl adjacent to an activating group) is 1. The summed E-state index contributed by atoms with van der Waals surface area (Å²) in [6.45, 7) is 11.8. The number of piperidine rings is 2. The van der Waals surface area contributed by atoms with Crippen molar-refractivity contribution in [3.8, 4) is 5.75 Å². The number of ether oxygens (including phenoxy) is 2. The van der Waals surface area contributed by atoms with Gasteiger partial charge in [-0.1, -0.05) is 11.6 Å². The average molecular weight is 910 g/mol. The lowest BCUT2D eigenvalue weighted by molar-refractivity contribution is -0.137. The molecule has 3 atom stereocenters. The Hall–Kier alpha value is -5.85. The first kappa shape index (κ1) is 44.4. The minimum absolute atomic E-state index is 0.0915. The number of hydrogen-bond acceptors (Lipinski definition) is 14. The molecule has 0 spiro atoms. The fourth-order valence-corrected chi connectivity index (χ4v) is 10.1.